The van der Waals surface area contributed by atoms with E-state index in [0.29, 0.717) is 12.0 Å². The molecule has 1 aromatic carbocycles. The maximum absolute atomic E-state index is 13.0. The van der Waals surface area contributed by atoms with Crippen LogP contribution in [0.3, 0.4) is 0 Å². The van der Waals surface area contributed by atoms with E-state index < -0.39 is 0 Å². The van der Waals surface area contributed by atoms with E-state index in [1.54, 1.807) is 7.11 Å². The van der Waals surface area contributed by atoms with Gasteiger partial charge in [0.2, 0.25) is 0 Å². The van der Waals surface area contributed by atoms with E-state index in [-0.39, 0.29) is 5.91 Å². The van der Waals surface area contributed by atoms with Crippen LogP contribution in [0.2, 0.25) is 0 Å². The van der Waals surface area contributed by atoms with Gasteiger partial charge in [0.1, 0.15) is 5.75 Å². The molecule has 1 aromatic heterocycles. The van der Waals surface area contributed by atoms with Crippen LogP contribution in [0.25, 0.3) is 0 Å². The number of hydrogen-bond donors (Lipinski definition) is 0. The van der Waals surface area contributed by atoms with Crippen LogP contribution in [0.4, 0.5) is 0 Å². The largest absolute Gasteiger partial charge is 0.497 e. The fourth-order valence-electron chi connectivity index (χ4n) is 4.73. The van der Waals surface area contributed by atoms with Crippen molar-refractivity contribution >= 4 is 5.91 Å². The van der Waals surface area contributed by atoms with Gasteiger partial charge in [-0.3, -0.25) is 14.4 Å². The molecule has 6 heteroatoms. The summed E-state index contributed by atoms with van der Waals surface area (Å²) in [6, 6.07) is 7.89. The third kappa shape index (κ3) is 3.53. The quantitative estimate of drug-likeness (QED) is 0.798. The molecule has 2 saturated heterocycles. The Hall–Kier alpha value is -2.34. The Morgan fingerprint density at radius 3 is 2.71 bits per heavy atom. The Morgan fingerprint density at radius 2 is 2.04 bits per heavy atom. The second kappa shape index (κ2) is 7.95. The van der Waals surface area contributed by atoms with Gasteiger partial charge in [0, 0.05) is 49.0 Å². The van der Waals surface area contributed by atoms with Crippen molar-refractivity contribution in [3.63, 3.8) is 0 Å². The number of piperidine rings is 1. The van der Waals surface area contributed by atoms with Gasteiger partial charge in [-0.15, -0.1) is 0 Å². The highest BCUT2D eigenvalue weighted by Crippen LogP contribution is 2.32. The minimum Gasteiger partial charge on any atom is -0.497 e. The van der Waals surface area contributed by atoms with E-state index in [2.05, 4.69) is 28.5 Å². The number of likely N-dealkylation sites (tertiary alicyclic amines) is 2. The highest BCUT2D eigenvalue weighted by Gasteiger charge is 2.40. The molecule has 0 aliphatic carbocycles. The predicted octanol–water partition coefficient (Wildman–Crippen LogP) is 2.96. The number of benzene rings is 1. The summed E-state index contributed by atoms with van der Waals surface area (Å²) in [6.45, 7) is 8.89. The number of rotatable bonds is 5. The molecule has 4 rings (SSSR count). The van der Waals surface area contributed by atoms with Gasteiger partial charge in [-0.2, -0.15) is 5.10 Å². The third-order valence-electron chi connectivity index (χ3n) is 6.40. The van der Waals surface area contributed by atoms with E-state index in [0.717, 1.165) is 44.0 Å². The normalized spacial score (nSPS) is 22.3. The Labute approximate surface area is 167 Å². The fraction of sp³-hybridized carbons (Fsp3) is 0.545. The van der Waals surface area contributed by atoms with Crippen LogP contribution in [-0.2, 0) is 13.1 Å². The molecule has 0 N–H and O–H groups in total. The first-order chi connectivity index (χ1) is 13.6. The van der Waals surface area contributed by atoms with Crippen molar-refractivity contribution in [1.82, 2.24) is 19.6 Å². The van der Waals surface area contributed by atoms with Crippen LogP contribution in [-0.4, -0.2) is 58.3 Å². The van der Waals surface area contributed by atoms with Gasteiger partial charge >= 0.3 is 0 Å². The predicted molar refractivity (Wildman–Crippen MR) is 108 cm³/mol. The summed E-state index contributed by atoms with van der Waals surface area (Å²) in [7, 11) is 1.64. The molecule has 2 aromatic rings. The van der Waals surface area contributed by atoms with Gasteiger partial charge in [0.25, 0.3) is 5.91 Å². The number of ether oxygens (including phenoxy) is 1. The average Bonchev–Trinajstić information content (AvgIpc) is 3.32. The van der Waals surface area contributed by atoms with E-state index in [1.165, 1.54) is 24.1 Å². The lowest BCUT2D eigenvalue weighted by Crippen LogP contribution is -2.44. The zero-order valence-corrected chi connectivity index (χ0v) is 17.1. The standard InChI is InChI=1S/C22H30N4O2/c1-4-26-16(2)19(12-23-26)14-24-11-5-6-18-13-25(15-21(18)24)22(27)17-7-9-20(28-3)10-8-17/h7-10,12,18,21H,4-6,11,13-15H2,1-3H3/t18-,21+/m1/s1. The third-order valence-corrected chi connectivity index (χ3v) is 6.40. The van der Waals surface area contributed by atoms with Crippen molar-refractivity contribution in [3.8, 4) is 5.75 Å². The molecule has 0 radical (unpaired) electrons. The molecule has 2 aliphatic heterocycles. The molecule has 6 nitrogen and oxygen atoms in total. The van der Waals surface area contributed by atoms with Gasteiger partial charge in [-0.1, -0.05) is 0 Å². The summed E-state index contributed by atoms with van der Waals surface area (Å²) in [5, 5.41) is 4.50. The first-order valence-corrected chi connectivity index (χ1v) is 10.3. The van der Waals surface area contributed by atoms with Gasteiger partial charge in [0.05, 0.1) is 13.3 Å². The summed E-state index contributed by atoms with van der Waals surface area (Å²) in [5.74, 6) is 1.48. The first-order valence-electron chi connectivity index (χ1n) is 10.3. The number of amides is 1. The number of aryl methyl sites for hydroxylation is 1. The zero-order chi connectivity index (χ0) is 19.7. The monoisotopic (exact) mass is 382 g/mol. The molecule has 0 bridgehead atoms. The summed E-state index contributed by atoms with van der Waals surface area (Å²) in [6.07, 6.45) is 4.42. The number of aromatic nitrogens is 2. The van der Waals surface area contributed by atoms with Crippen LogP contribution < -0.4 is 4.74 Å². The molecule has 150 valence electrons. The highest BCUT2D eigenvalue weighted by atomic mass is 16.5. The number of nitrogens with zero attached hydrogens (tertiary/aromatic N) is 4. The molecule has 2 atom stereocenters. The van der Waals surface area contributed by atoms with E-state index in [4.69, 9.17) is 4.74 Å². The summed E-state index contributed by atoms with van der Waals surface area (Å²) in [5.41, 5.74) is 3.31. The van der Waals surface area contributed by atoms with Gasteiger partial charge in [-0.25, -0.2) is 0 Å². The van der Waals surface area contributed by atoms with Crippen LogP contribution in [0.15, 0.2) is 30.5 Å². The summed E-state index contributed by atoms with van der Waals surface area (Å²) in [4.78, 5) is 17.6. The van der Waals surface area contributed by atoms with E-state index in [1.807, 2.05) is 35.4 Å². The van der Waals surface area contributed by atoms with Gasteiger partial charge in [-0.05, 0) is 63.4 Å². The Morgan fingerprint density at radius 1 is 1.25 bits per heavy atom. The lowest BCUT2D eigenvalue weighted by Gasteiger charge is -2.36. The summed E-state index contributed by atoms with van der Waals surface area (Å²) >= 11 is 0. The van der Waals surface area contributed by atoms with Gasteiger partial charge < -0.3 is 9.64 Å². The number of methoxy groups -OCH3 is 1. The van der Waals surface area contributed by atoms with Crippen molar-refractivity contribution < 1.29 is 9.53 Å². The highest BCUT2D eigenvalue weighted by molar-refractivity contribution is 5.94. The maximum atomic E-state index is 13.0. The lowest BCUT2D eigenvalue weighted by atomic mass is 9.92. The second-order valence-electron chi connectivity index (χ2n) is 7.95. The molecular formula is C22H30N4O2. The van der Waals surface area contributed by atoms with Crippen molar-refractivity contribution in [2.75, 3.05) is 26.7 Å². The number of fused-ring (bicyclic) bond motifs is 1. The molecule has 0 unspecified atom stereocenters. The molecule has 2 fully saturated rings. The SMILES string of the molecule is CCn1ncc(CN2CCC[C@@H]3CN(C(=O)c4ccc(OC)cc4)C[C@@H]32)c1C. The Bertz CT molecular complexity index is 830. The smallest absolute Gasteiger partial charge is 0.253 e. The van der Waals surface area contributed by atoms with Crippen molar-refractivity contribution in [1.29, 1.82) is 0 Å². The molecular weight excluding hydrogens is 352 g/mol. The minimum absolute atomic E-state index is 0.131. The van der Waals surface area contributed by atoms with Crippen molar-refractivity contribution in [3.05, 3.63) is 47.3 Å². The average molecular weight is 383 g/mol. The van der Waals surface area contributed by atoms with Crippen LogP contribution >= 0.6 is 0 Å². The van der Waals surface area contributed by atoms with Crippen LogP contribution in [0.5, 0.6) is 5.75 Å². The summed E-state index contributed by atoms with van der Waals surface area (Å²) < 4.78 is 7.26. The fourth-order valence-corrected chi connectivity index (χ4v) is 4.73. The van der Waals surface area contributed by atoms with E-state index >= 15 is 0 Å². The molecule has 0 spiro atoms. The lowest BCUT2D eigenvalue weighted by molar-refractivity contribution is 0.0774. The van der Waals surface area contributed by atoms with Crippen LogP contribution in [0.1, 0.15) is 41.4 Å². The number of hydrogen-bond acceptors (Lipinski definition) is 4. The minimum atomic E-state index is 0.131. The van der Waals surface area contributed by atoms with E-state index in [9.17, 15) is 4.79 Å². The van der Waals surface area contributed by atoms with Crippen LogP contribution in [0, 0.1) is 12.8 Å². The number of carbonyl (C=O) groups is 1. The topological polar surface area (TPSA) is 50.6 Å². The van der Waals surface area contributed by atoms with Crippen molar-refractivity contribution in [2.24, 2.45) is 5.92 Å². The maximum Gasteiger partial charge on any atom is 0.253 e. The Balaban J connectivity index is 1.46. The number of carbonyl (C=O) groups excluding carboxylic acids is 1. The molecule has 1 amide bonds. The molecule has 28 heavy (non-hydrogen) atoms. The van der Waals surface area contributed by atoms with Crippen molar-refractivity contribution in [2.45, 2.75) is 45.8 Å². The molecule has 2 aliphatic rings. The zero-order valence-electron chi connectivity index (χ0n) is 17.1. The second-order valence-corrected chi connectivity index (χ2v) is 7.95. The van der Waals surface area contributed by atoms with Gasteiger partial charge in [0.15, 0.2) is 0 Å². The molecule has 0 saturated carbocycles. The first kappa shape index (κ1) is 19.0. The molecule has 3 heterocycles. The Kier molecular flexibility index (Phi) is 5.40.